The molecule has 0 fully saturated rings. The molecule has 0 amide bonds. The number of aromatic nitrogens is 3. The molecule has 0 aliphatic heterocycles. The van der Waals surface area contributed by atoms with Crippen LogP contribution >= 0.6 is 11.3 Å². The van der Waals surface area contributed by atoms with Crippen molar-refractivity contribution in [3.8, 4) is 78.7 Å². The first-order valence-electron chi connectivity index (χ1n) is 22.1. The minimum Gasteiger partial charge on any atom is -0.456 e. The van der Waals surface area contributed by atoms with E-state index in [0.717, 1.165) is 66.3 Å². The Balaban J connectivity index is 0.957. The highest BCUT2D eigenvalue weighted by molar-refractivity contribution is 7.25. The second-order valence-electron chi connectivity index (χ2n) is 17.5. The van der Waals surface area contributed by atoms with E-state index in [-0.39, 0.29) is 5.41 Å². The van der Waals surface area contributed by atoms with Crippen LogP contribution in [0.15, 0.2) is 205 Å². The van der Waals surface area contributed by atoms with Gasteiger partial charge in [-0.05, 0) is 98.1 Å². The van der Waals surface area contributed by atoms with Crippen molar-refractivity contribution in [1.82, 2.24) is 15.0 Å². The Morgan fingerprint density at radius 3 is 1.74 bits per heavy atom. The van der Waals surface area contributed by atoms with Crippen LogP contribution in [-0.2, 0) is 5.41 Å². The lowest BCUT2D eigenvalue weighted by Gasteiger charge is -2.21. The fourth-order valence-electron chi connectivity index (χ4n) is 10.1. The molecule has 0 saturated carbocycles. The van der Waals surface area contributed by atoms with Gasteiger partial charge in [-0.1, -0.05) is 172 Å². The normalized spacial score (nSPS) is 12.9. The van der Waals surface area contributed by atoms with Crippen LogP contribution in [0.4, 0.5) is 0 Å². The summed E-state index contributed by atoms with van der Waals surface area (Å²) in [5.74, 6) is 1.84. The first-order valence-corrected chi connectivity index (χ1v) is 22.9. The number of hydrogen-bond donors (Lipinski definition) is 0. The van der Waals surface area contributed by atoms with E-state index in [9.17, 15) is 0 Å². The molecular formula is C60H39N3OS. The number of benzene rings is 9. The molecule has 0 radical (unpaired) electrons. The quantitative estimate of drug-likeness (QED) is 0.167. The number of nitrogens with zero attached hydrogens (tertiary/aromatic N) is 3. The summed E-state index contributed by atoms with van der Waals surface area (Å²) in [4.78, 5) is 15.9. The first-order chi connectivity index (χ1) is 31.9. The molecule has 5 heteroatoms. The maximum Gasteiger partial charge on any atom is 0.164 e. The number of hydrogen-bond acceptors (Lipinski definition) is 5. The standard InChI is InChI=1S/C60H39N3OS/c1-60(2)49-21-8-6-17-43(49)47-34-41(29-31-50(47)60)39-15-10-16-40(33-39)42-30-32-51-48(35-42)55-45(19-11-22-52(55)64-51)58-61-57(38-27-25-37(26-28-38)36-13-4-3-5-14-36)62-59(63-58)46-20-12-24-54-56(46)44-18-7-9-23-53(44)65-54/h3-35H,1-2H3. The lowest BCUT2D eigenvalue weighted by Crippen LogP contribution is -2.14. The van der Waals surface area contributed by atoms with Gasteiger partial charge in [0.15, 0.2) is 17.5 Å². The Hall–Kier alpha value is -7.99. The summed E-state index contributed by atoms with van der Waals surface area (Å²) in [6.07, 6.45) is 0. The molecule has 0 unspecified atom stereocenters. The van der Waals surface area contributed by atoms with Crippen LogP contribution in [0.2, 0.25) is 0 Å². The van der Waals surface area contributed by atoms with E-state index < -0.39 is 0 Å². The van der Waals surface area contributed by atoms with Crippen molar-refractivity contribution in [2.75, 3.05) is 0 Å². The zero-order valence-electron chi connectivity index (χ0n) is 35.7. The van der Waals surface area contributed by atoms with Gasteiger partial charge in [-0.25, -0.2) is 15.0 Å². The Labute approximate surface area is 380 Å². The molecule has 13 rings (SSSR count). The highest BCUT2D eigenvalue weighted by atomic mass is 32.1. The molecule has 0 saturated heterocycles. The fraction of sp³-hybridized carbons (Fsp3) is 0.0500. The minimum atomic E-state index is -0.0283. The van der Waals surface area contributed by atoms with E-state index in [1.54, 1.807) is 11.3 Å². The number of furan rings is 1. The van der Waals surface area contributed by atoms with Crippen molar-refractivity contribution in [3.63, 3.8) is 0 Å². The van der Waals surface area contributed by atoms with Crippen molar-refractivity contribution >= 4 is 53.4 Å². The molecule has 1 aliphatic rings. The van der Waals surface area contributed by atoms with Gasteiger partial charge >= 0.3 is 0 Å². The van der Waals surface area contributed by atoms with Gasteiger partial charge in [0, 0.05) is 53.1 Å². The van der Waals surface area contributed by atoms with Crippen molar-refractivity contribution in [2.45, 2.75) is 19.3 Å². The smallest absolute Gasteiger partial charge is 0.164 e. The van der Waals surface area contributed by atoms with Crippen LogP contribution in [0.25, 0.3) is 121 Å². The predicted molar refractivity (Wildman–Crippen MR) is 270 cm³/mol. The van der Waals surface area contributed by atoms with Gasteiger partial charge in [-0.2, -0.15) is 0 Å². The van der Waals surface area contributed by atoms with Crippen LogP contribution in [0.5, 0.6) is 0 Å². The Kier molecular flexibility index (Phi) is 8.39. The largest absolute Gasteiger partial charge is 0.456 e. The minimum absolute atomic E-state index is 0.0283. The number of fused-ring (bicyclic) bond motifs is 9. The molecule has 3 heterocycles. The van der Waals surface area contributed by atoms with E-state index in [2.05, 4.69) is 196 Å². The first kappa shape index (κ1) is 37.6. The summed E-state index contributed by atoms with van der Waals surface area (Å²) in [6, 6.07) is 71.3. The topological polar surface area (TPSA) is 51.8 Å². The van der Waals surface area contributed by atoms with Crippen LogP contribution in [0.3, 0.4) is 0 Å². The molecule has 3 aromatic heterocycles. The summed E-state index contributed by atoms with van der Waals surface area (Å²) in [5.41, 5.74) is 16.7. The van der Waals surface area contributed by atoms with Crippen molar-refractivity contribution < 1.29 is 4.42 Å². The summed E-state index contributed by atoms with van der Waals surface area (Å²) < 4.78 is 9.03. The second-order valence-corrected chi connectivity index (χ2v) is 18.6. The maximum absolute atomic E-state index is 6.60. The molecule has 1 aliphatic carbocycles. The van der Waals surface area contributed by atoms with Crippen LogP contribution in [0.1, 0.15) is 25.0 Å². The van der Waals surface area contributed by atoms with Gasteiger partial charge in [0.1, 0.15) is 11.2 Å². The maximum atomic E-state index is 6.60. The summed E-state index contributed by atoms with van der Waals surface area (Å²) in [5, 5.41) is 4.34. The van der Waals surface area contributed by atoms with Crippen LogP contribution in [0, 0.1) is 0 Å². The summed E-state index contributed by atoms with van der Waals surface area (Å²) in [7, 11) is 0. The van der Waals surface area contributed by atoms with Crippen molar-refractivity contribution in [1.29, 1.82) is 0 Å². The Morgan fingerprint density at radius 1 is 0.354 bits per heavy atom. The third kappa shape index (κ3) is 6.07. The number of rotatable bonds is 6. The molecule has 4 nitrogen and oxygen atoms in total. The van der Waals surface area contributed by atoms with Gasteiger partial charge in [0.05, 0.1) is 0 Å². The molecule has 65 heavy (non-hydrogen) atoms. The molecule has 0 atom stereocenters. The lowest BCUT2D eigenvalue weighted by atomic mass is 9.82. The fourth-order valence-corrected chi connectivity index (χ4v) is 11.3. The highest BCUT2D eigenvalue weighted by Crippen LogP contribution is 2.50. The monoisotopic (exact) mass is 849 g/mol. The van der Waals surface area contributed by atoms with E-state index in [0.29, 0.717) is 17.5 Å². The van der Waals surface area contributed by atoms with Crippen molar-refractivity contribution in [3.05, 3.63) is 211 Å². The SMILES string of the molecule is CC1(C)c2ccccc2-c2cc(-c3cccc(-c4ccc5oc6cccc(-c7nc(-c8ccc(-c9ccccc9)cc8)nc(-c8cccc9sc%10ccccc%10c89)n7)c6c5c4)c3)ccc21. The molecule has 12 aromatic rings. The molecule has 306 valence electrons. The van der Waals surface area contributed by atoms with E-state index in [1.807, 2.05) is 18.2 Å². The summed E-state index contributed by atoms with van der Waals surface area (Å²) in [6.45, 7) is 4.66. The average molecular weight is 850 g/mol. The molecule has 0 N–H and O–H groups in total. The van der Waals surface area contributed by atoms with Crippen molar-refractivity contribution in [2.24, 2.45) is 0 Å². The van der Waals surface area contributed by atoms with E-state index in [4.69, 9.17) is 19.4 Å². The van der Waals surface area contributed by atoms with Gasteiger partial charge in [-0.3, -0.25) is 0 Å². The highest BCUT2D eigenvalue weighted by Gasteiger charge is 2.35. The molecule has 0 spiro atoms. The van der Waals surface area contributed by atoms with Gasteiger partial charge in [0.2, 0.25) is 0 Å². The van der Waals surface area contributed by atoms with Crippen LogP contribution in [-0.4, -0.2) is 15.0 Å². The Morgan fingerprint density at radius 2 is 0.908 bits per heavy atom. The average Bonchev–Trinajstić information content (AvgIpc) is 4.01. The molecular weight excluding hydrogens is 811 g/mol. The summed E-state index contributed by atoms with van der Waals surface area (Å²) >= 11 is 1.79. The zero-order chi connectivity index (χ0) is 43.2. The van der Waals surface area contributed by atoms with Gasteiger partial charge in [-0.15, -0.1) is 11.3 Å². The third-order valence-corrected chi connectivity index (χ3v) is 14.5. The van der Waals surface area contributed by atoms with E-state index >= 15 is 0 Å². The predicted octanol–water partition coefficient (Wildman–Crippen LogP) is 16.4. The second kappa shape index (κ2) is 14.5. The van der Waals surface area contributed by atoms with Gasteiger partial charge < -0.3 is 4.42 Å². The van der Waals surface area contributed by atoms with Crippen LogP contribution < -0.4 is 0 Å². The van der Waals surface area contributed by atoms with Gasteiger partial charge in [0.25, 0.3) is 0 Å². The van der Waals surface area contributed by atoms with E-state index in [1.165, 1.54) is 48.2 Å². The number of thiophene rings is 1. The lowest BCUT2D eigenvalue weighted by molar-refractivity contribution is 0.660. The molecule has 0 bridgehead atoms. The Bertz CT molecular complexity index is 3860. The third-order valence-electron chi connectivity index (χ3n) is 13.4. The zero-order valence-corrected chi connectivity index (χ0v) is 36.5. The molecule has 9 aromatic carbocycles.